The molecule has 1 heterocycles. The summed E-state index contributed by atoms with van der Waals surface area (Å²) in [4.78, 5) is 13.6. The van der Waals surface area contributed by atoms with Crippen molar-refractivity contribution >= 4 is 5.97 Å². The minimum absolute atomic E-state index is 0. The fraction of sp³-hybridized carbons (Fsp3) is 0.200. The third-order valence-corrected chi connectivity index (χ3v) is 0.786. The number of oxazole rings is 1. The van der Waals surface area contributed by atoms with E-state index in [1.54, 1.807) is 0 Å². The number of aliphatic carboxylic acids is 1. The molecule has 1 rings (SSSR count). The van der Waals surface area contributed by atoms with Gasteiger partial charge in [0.15, 0.2) is 0 Å². The van der Waals surface area contributed by atoms with E-state index in [1.807, 2.05) is 0 Å². The number of nitrogens with zero attached hydrogens (tertiary/aromatic N) is 1. The van der Waals surface area contributed by atoms with Crippen LogP contribution in [0.15, 0.2) is 16.9 Å². The van der Waals surface area contributed by atoms with Gasteiger partial charge in [-0.1, -0.05) is 0 Å². The molecular formula is C5H6KNO3. The smallest absolute Gasteiger partial charge is 1.00 e. The zero-order valence-corrected chi connectivity index (χ0v) is 8.70. The maximum Gasteiger partial charge on any atom is 1.00 e. The van der Waals surface area contributed by atoms with Crippen molar-refractivity contribution in [1.29, 1.82) is 0 Å². The first-order chi connectivity index (χ1) is 4.29. The Hall–Kier alpha value is 0.316. The topological polar surface area (TPSA) is 63.3 Å². The molecule has 0 bridgehead atoms. The number of carboxylic acids is 1. The van der Waals surface area contributed by atoms with Crippen LogP contribution in [0, 0.1) is 0 Å². The van der Waals surface area contributed by atoms with Crippen LogP contribution in [0.1, 0.15) is 7.32 Å². The molecule has 0 fully saturated rings. The van der Waals surface area contributed by atoms with Crippen LogP contribution < -0.4 is 51.4 Å². The van der Waals surface area contributed by atoms with Crippen molar-refractivity contribution in [2.45, 2.75) is 6.42 Å². The molecule has 1 aromatic rings. The van der Waals surface area contributed by atoms with E-state index >= 15 is 0 Å². The van der Waals surface area contributed by atoms with Gasteiger partial charge in [-0.15, -0.1) is 0 Å². The standard InChI is InChI=1S/C5H5NO3.K.H/c7-5(8)3-4-6-1-2-9-4;;/h1-2H,3H2,(H,7,8);;/q;+1;-1. The third-order valence-electron chi connectivity index (χ3n) is 0.786. The third kappa shape index (κ3) is 3.48. The largest absolute Gasteiger partial charge is 1.00 e. The molecule has 0 unspecified atom stereocenters. The molecule has 0 aromatic carbocycles. The van der Waals surface area contributed by atoms with E-state index in [4.69, 9.17) is 5.11 Å². The van der Waals surface area contributed by atoms with E-state index in [2.05, 4.69) is 9.40 Å². The van der Waals surface area contributed by atoms with Crippen molar-refractivity contribution in [1.82, 2.24) is 4.98 Å². The second-order valence-electron chi connectivity index (χ2n) is 1.50. The molecule has 0 aliphatic carbocycles. The first kappa shape index (κ1) is 10.3. The average Bonchev–Trinajstić information content (AvgIpc) is 2.15. The Morgan fingerprint density at radius 2 is 2.60 bits per heavy atom. The van der Waals surface area contributed by atoms with Crippen LogP contribution in [0.4, 0.5) is 0 Å². The molecule has 0 aliphatic rings. The predicted molar refractivity (Wildman–Crippen MR) is 29.0 cm³/mol. The van der Waals surface area contributed by atoms with Crippen molar-refractivity contribution in [3.63, 3.8) is 0 Å². The number of hydrogen-bond acceptors (Lipinski definition) is 3. The fourth-order valence-corrected chi connectivity index (χ4v) is 0.470. The molecule has 0 saturated heterocycles. The molecule has 0 atom stereocenters. The maximum atomic E-state index is 9.97. The SMILES string of the molecule is O=C(O)Cc1ncco1.[H-].[K+]. The normalized spacial score (nSPS) is 8.40. The van der Waals surface area contributed by atoms with Gasteiger partial charge in [0.1, 0.15) is 12.7 Å². The van der Waals surface area contributed by atoms with Crippen LogP contribution in [0.5, 0.6) is 0 Å². The van der Waals surface area contributed by atoms with Gasteiger partial charge in [-0.25, -0.2) is 4.98 Å². The van der Waals surface area contributed by atoms with Crippen molar-refractivity contribution < 1.29 is 67.1 Å². The molecule has 0 radical (unpaired) electrons. The van der Waals surface area contributed by atoms with Crippen LogP contribution in [0.25, 0.3) is 0 Å². The van der Waals surface area contributed by atoms with Gasteiger partial charge in [-0.05, 0) is 0 Å². The van der Waals surface area contributed by atoms with Gasteiger partial charge in [-0.2, -0.15) is 0 Å². The van der Waals surface area contributed by atoms with Gasteiger partial charge >= 0.3 is 57.4 Å². The second kappa shape index (κ2) is 5.03. The van der Waals surface area contributed by atoms with Gasteiger partial charge in [-0.3, -0.25) is 4.79 Å². The molecule has 1 N–H and O–H groups in total. The van der Waals surface area contributed by atoms with Gasteiger partial charge < -0.3 is 11.0 Å². The van der Waals surface area contributed by atoms with Gasteiger partial charge in [0.2, 0.25) is 5.89 Å². The summed E-state index contributed by atoms with van der Waals surface area (Å²) in [6.07, 6.45) is 2.61. The van der Waals surface area contributed by atoms with Gasteiger partial charge in [0, 0.05) is 0 Å². The van der Waals surface area contributed by atoms with Crippen LogP contribution in [-0.4, -0.2) is 16.1 Å². The Balaban J connectivity index is 0. The zero-order valence-electron chi connectivity index (χ0n) is 6.57. The first-order valence-electron chi connectivity index (χ1n) is 2.39. The summed E-state index contributed by atoms with van der Waals surface area (Å²) in [5.41, 5.74) is 0. The minimum Gasteiger partial charge on any atom is -1.00 e. The maximum absolute atomic E-state index is 9.97. The van der Waals surface area contributed by atoms with Crippen LogP contribution >= 0.6 is 0 Å². The van der Waals surface area contributed by atoms with E-state index in [0.29, 0.717) is 0 Å². The first-order valence-corrected chi connectivity index (χ1v) is 2.39. The van der Waals surface area contributed by atoms with Crippen LogP contribution in [0.3, 0.4) is 0 Å². The van der Waals surface area contributed by atoms with E-state index < -0.39 is 5.97 Å². The minimum atomic E-state index is -0.933. The fourth-order valence-electron chi connectivity index (χ4n) is 0.470. The number of rotatable bonds is 2. The number of carbonyl (C=O) groups is 1. The molecule has 0 amide bonds. The van der Waals surface area contributed by atoms with Crippen molar-refractivity contribution in [3.05, 3.63) is 18.4 Å². The molecule has 1 aromatic heterocycles. The summed E-state index contributed by atoms with van der Waals surface area (Å²) in [6, 6.07) is 0. The Bertz CT molecular complexity index is 202. The van der Waals surface area contributed by atoms with Crippen LogP contribution in [-0.2, 0) is 11.2 Å². The summed E-state index contributed by atoms with van der Waals surface area (Å²) >= 11 is 0. The number of aromatic nitrogens is 1. The number of carboxylic acid groups (broad SMARTS) is 1. The molecule has 0 spiro atoms. The van der Waals surface area contributed by atoms with Gasteiger partial charge in [0.25, 0.3) is 0 Å². The molecule has 0 saturated carbocycles. The molecule has 10 heavy (non-hydrogen) atoms. The summed E-state index contributed by atoms with van der Waals surface area (Å²) in [7, 11) is 0. The van der Waals surface area contributed by atoms with E-state index in [1.165, 1.54) is 12.5 Å². The van der Waals surface area contributed by atoms with Crippen molar-refractivity contribution in [2.75, 3.05) is 0 Å². The second-order valence-corrected chi connectivity index (χ2v) is 1.50. The van der Waals surface area contributed by atoms with E-state index in [-0.39, 0.29) is 65.1 Å². The summed E-state index contributed by atoms with van der Waals surface area (Å²) in [5, 5.41) is 8.19. The molecular weight excluding hydrogens is 161 g/mol. The zero-order chi connectivity index (χ0) is 6.69. The van der Waals surface area contributed by atoms with Gasteiger partial charge in [0.05, 0.1) is 6.20 Å². The average molecular weight is 167 g/mol. The monoisotopic (exact) mass is 167 g/mol. The Kier molecular flexibility index (Phi) is 5.19. The molecule has 50 valence electrons. The molecule has 0 aliphatic heterocycles. The van der Waals surface area contributed by atoms with E-state index in [0.717, 1.165) is 0 Å². The number of hydrogen-bond donors (Lipinski definition) is 1. The summed E-state index contributed by atoms with van der Waals surface area (Å²) in [6.45, 7) is 0. The Morgan fingerprint density at radius 3 is 3.00 bits per heavy atom. The van der Waals surface area contributed by atoms with Crippen molar-refractivity contribution in [3.8, 4) is 0 Å². The van der Waals surface area contributed by atoms with Crippen molar-refractivity contribution in [2.24, 2.45) is 0 Å². The van der Waals surface area contributed by atoms with E-state index in [9.17, 15) is 4.79 Å². The van der Waals surface area contributed by atoms with Crippen LogP contribution in [0.2, 0.25) is 0 Å². The summed E-state index contributed by atoms with van der Waals surface area (Å²) < 4.78 is 4.65. The summed E-state index contributed by atoms with van der Waals surface area (Å²) in [5.74, 6) is -0.694. The molecule has 5 heteroatoms. The quantitative estimate of drug-likeness (QED) is 0.491. The molecule has 4 nitrogen and oxygen atoms in total. The Labute approximate surface area is 102 Å². The predicted octanol–water partition coefficient (Wildman–Crippen LogP) is -2.58. The Morgan fingerprint density at radius 1 is 1.90 bits per heavy atom.